The van der Waals surface area contributed by atoms with E-state index >= 15 is 0 Å². The van der Waals surface area contributed by atoms with Gasteiger partial charge in [0, 0.05) is 12.3 Å². The summed E-state index contributed by atoms with van der Waals surface area (Å²) in [6, 6.07) is 4.95. The number of rotatable bonds is 7. The number of nitrogens with two attached hydrogens (primary N) is 1. The first-order chi connectivity index (χ1) is 8.63. The van der Waals surface area contributed by atoms with Crippen LogP contribution < -0.4 is 11.1 Å². The molecule has 100 valence electrons. The maximum Gasteiger partial charge on any atom is 0.250 e. The summed E-state index contributed by atoms with van der Waals surface area (Å²) in [6.07, 6.45) is 3.23. The van der Waals surface area contributed by atoms with Gasteiger partial charge < -0.3 is 15.8 Å². The fourth-order valence-electron chi connectivity index (χ4n) is 1.44. The van der Waals surface area contributed by atoms with E-state index < -0.39 is 0 Å². The molecule has 0 aliphatic rings. The number of carbonyl (C=O) groups excluding carboxylic acids is 1. The van der Waals surface area contributed by atoms with E-state index in [1.54, 1.807) is 18.2 Å². The molecule has 1 aromatic rings. The first-order valence-corrected chi connectivity index (χ1v) is 6.44. The first-order valence-electron chi connectivity index (χ1n) is 6.06. The van der Waals surface area contributed by atoms with Crippen molar-refractivity contribution in [2.75, 3.05) is 24.3 Å². The Kier molecular flexibility index (Phi) is 6.54. The Bertz CT molecular complexity index is 397. The van der Waals surface area contributed by atoms with E-state index in [1.807, 2.05) is 0 Å². The predicted molar refractivity (Wildman–Crippen MR) is 74.8 cm³/mol. The number of nitrogens with one attached hydrogen (secondary N) is 1. The highest BCUT2D eigenvalue weighted by Gasteiger charge is 2.06. The Hall–Kier alpha value is -1.26. The van der Waals surface area contributed by atoms with E-state index in [-0.39, 0.29) is 12.5 Å². The summed E-state index contributed by atoms with van der Waals surface area (Å²) < 4.78 is 5.25. The van der Waals surface area contributed by atoms with Crippen LogP contribution in [-0.2, 0) is 9.53 Å². The van der Waals surface area contributed by atoms with Crippen molar-refractivity contribution in [2.24, 2.45) is 0 Å². The molecule has 1 aromatic carbocycles. The van der Waals surface area contributed by atoms with Crippen molar-refractivity contribution < 1.29 is 9.53 Å². The number of ether oxygens (including phenoxy) is 1. The smallest absolute Gasteiger partial charge is 0.250 e. The van der Waals surface area contributed by atoms with Crippen molar-refractivity contribution in [1.29, 1.82) is 0 Å². The molecule has 0 saturated carbocycles. The first kappa shape index (κ1) is 14.8. The molecule has 0 unspecified atom stereocenters. The summed E-state index contributed by atoms with van der Waals surface area (Å²) in [6.45, 7) is 2.77. The van der Waals surface area contributed by atoms with Gasteiger partial charge in [0.25, 0.3) is 0 Å². The molecule has 1 rings (SSSR count). The van der Waals surface area contributed by atoms with Gasteiger partial charge >= 0.3 is 0 Å². The molecule has 0 aliphatic heterocycles. The summed E-state index contributed by atoms with van der Waals surface area (Å²) in [5.74, 6) is -0.210. The van der Waals surface area contributed by atoms with Gasteiger partial charge in [0.1, 0.15) is 6.61 Å². The second-order valence-corrected chi connectivity index (χ2v) is 4.45. The number of unbranched alkanes of at least 4 members (excludes halogenated alkanes) is 2. The number of nitrogen functional groups attached to an aromatic ring is 1. The lowest BCUT2D eigenvalue weighted by molar-refractivity contribution is -0.120. The summed E-state index contributed by atoms with van der Waals surface area (Å²) in [4.78, 5) is 11.6. The quantitative estimate of drug-likeness (QED) is 0.591. The number of carbonyl (C=O) groups is 1. The Morgan fingerprint density at radius 3 is 2.89 bits per heavy atom. The van der Waals surface area contributed by atoms with Crippen LogP contribution in [0.5, 0.6) is 0 Å². The van der Waals surface area contributed by atoms with E-state index in [1.165, 1.54) is 0 Å². The van der Waals surface area contributed by atoms with Crippen LogP contribution in [0, 0.1) is 0 Å². The molecule has 0 fully saturated rings. The molecule has 0 radical (unpaired) electrons. The molecular weight excluding hydrogens is 252 g/mol. The summed E-state index contributed by atoms with van der Waals surface area (Å²) >= 11 is 5.94. The predicted octanol–water partition coefficient (Wildman–Crippen LogP) is 3.07. The highest BCUT2D eigenvalue weighted by molar-refractivity contribution is 6.34. The number of benzene rings is 1. The van der Waals surface area contributed by atoms with Crippen LogP contribution in [0.1, 0.15) is 26.2 Å². The monoisotopic (exact) mass is 270 g/mol. The van der Waals surface area contributed by atoms with Crippen LogP contribution in [-0.4, -0.2) is 19.1 Å². The van der Waals surface area contributed by atoms with E-state index in [0.717, 1.165) is 19.3 Å². The van der Waals surface area contributed by atoms with Crippen LogP contribution >= 0.6 is 11.6 Å². The molecular formula is C13H19ClN2O2. The Balaban J connectivity index is 2.31. The number of amides is 1. The van der Waals surface area contributed by atoms with Crippen molar-refractivity contribution in [1.82, 2.24) is 0 Å². The fourth-order valence-corrected chi connectivity index (χ4v) is 1.67. The van der Waals surface area contributed by atoms with Gasteiger partial charge in [0.05, 0.1) is 10.7 Å². The average molecular weight is 271 g/mol. The van der Waals surface area contributed by atoms with E-state index in [4.69, 9.17) is 22.1 Å². The van der Waals surface area contributed by atoms with Gasteiger partial charge in [-0.2, -0.15) is 0 Å². The third kappa shape index (κ3) is 5.38. The minimum absolute atomic E-state index is 0.0461. The van der Waals surface area contributed by atoms with Crippen molar-refractivity contribution in [2.45, 2.75) is 26.2 Å². The molecule has 1 amide bonds. The summed E-state index contributed by atoms with van der Waals surface area (Å²) in [7, 11) is 0. The second kappa shape index (κ2) is 7.95. The zero-order valence-corrected chi connectivity index (χ0v) is 11.3. The van der Waals surface area contributed by atoms with Crippen LogP contribution in [0.4, 0.5) is 11.4 Å². The lowest BCUT2D eigenvalue weighted by atomic mass is 10.3. The zero-order chi connectivity index (χ0) is 13.4. The highest BCUT2D eigenvalue weighted by atomic mass is 35.5. The van der Waals surface area contributed by atoms with Gasteiger partial charge in [0.2, 0.25) is 5.91 Å². The molecule has 18 heavy (non-hydrogen) atoms. The van der Waals surface area contributed by atoms with Crippen LogP contribution in [0.2, 0.25) is 5.02 Å². The lowest BCUT2D eigenvalue weighted by Crippen LogP contribution is -2.18. The van der Waals surface area contributed by atoms with Gasteiger partial charge in [-0.25, -0.2) is 0 Å². The largest absolute Gasteiger partial charge is 0.399 e. The molecule has 0 heterocycles. The maximum atomic E-state index is 11.6. The molecule has 0 aliphatic carbocycles. The third-order valence-corrected chi connectivity index (χ3v) is 2.71. The van der Waals surface area contributed by atoms with Gasteiger partial charge in [-0.3, -0.25) is 4.79 Å². The minimum Gasteiger partial charge on any atom is -0.399 e. The normalized spacial score (nSPS) is 10.3. The van der Waals surface area contributed by atoms with Crippen molar-refractivity contribution in [3.63, 3.8) is 0 Å². The number of halogens is 1. The van der Waals surface area contributed by atoms with Crippen LogP contribution in [0.15, 0.2) is 18.2 Å². The number of hydrogen-bond donors (Lipinski definition) is 2. The van der Waals surface area contributed by atoms with Crippen molar-refractivity contribution in [3.8, 4) is 0 Å². The van der Waals surface area contributed by atoms with Crippen LogP contribution in [0.3, 0.4) is 0 Å². The van der Waals surface area contributed by atoms with Crippen molar-refractivity contribution >= 4 is 28.9 Å². The molecule has 0 spiro atoms. The average Bonchev–Trinajstić information content (AvgIpc) is 2.32. The van der Waals surface area contributed by atoms with Gasteiger partial charge in [0.15, 0.2) is 0 Å². The molecule has 4 nitrogen and oxygen atoms in total. The van der Waals surface area contributed by atoms with E-state index in [9.17, 15) is 4.79 Å². The second-order valence-electron chi connectivity index (χ2n) is 4.05. The van der Waals surface area contributed by atoms with Gasteiger partial charge in [-0.15, -0.1) is 0 Å². The molecule has 0 saturated heterocycles. The molecule has 5 heteroatoms. The Morgan fingerprint density at radius 2 is 2.22 bits per heavy atom. The van der Waals surface area contributed by atoms with Gasteiger partial charge in [-0.05, 0) is 24.6 Å². The maximum absolute atomic E-state index is 11.6. The van der Waals surface area contributed by atoms with Gasteiger partial charge in [-0.1, -0.05) is 31.4 Å². The highest BCUT2D eigenvalue weighted by Crippen LogP contribution is 2.23. The summed E-state index contributed by atoms with van der Waals surface area (Å²) in [5, 5.41) is 3.10. The minimum atomic E-state index is -0.210. The number of hydrogen-bond acceptors (Lipinski definition) is 3. The third-order valence-electron chi connectivity index (χ3n) is 2.39. The zero-order valence-electron chi connectivity index (χ0n) is 10.5. The Labute approximate surface area is 112 Å². The van der Waals surface area contributed by atoms with E-state index in [2.05, 4.69) is 12.2 Å². The Morgan fingerprint density at radius 1 is 1.44 bits per heavy atom. The number of anilines is 2. The summed E-state index contributed by atoms with van der Waals surface area (Å²) in [5.41, 5.74) is 6.68. The topological polar surface area (TPSA) is 64.3 Å². The molecule has 0 atom stereocenters. The van der Waals surface area contributed by atoms with E-state index in [0.29, 0.717) is 23.0 Å². The van der Waals surface area contributed by atoms with Crippen molar-refractivity contribution in [3.05, 3.63) is 23.2 Å². The SMILES string of the molecule is CCCCCOCC(=O)Nc1ccc(N)cc1Cl. The van der Waals surface area contributed by atoms with Crippen LogP contribution in [0.25, 0.3) is 0 Å². The molecule has 0 aromatic heterocycles. The molecule has 0 bridgehead atoms. The molecule has 3 N–H and O–H groups in total. The standard InChI is InChI=1S/C13H19ClN2O2/c1-2-3-4-7-18-9-13(17)16-12-6-5-10(15)8-11(12)14/h5-6,8H,2-4,7,9,15H2,1H3,(H,16,17). The fraction of sp³-hybridized carbons (Fsp3) is 0.462. The lowest BCUT2D eigenvalue weighted by Gasteiger charge is -2.08.